The Morgan fingerprint density at radius 2 is 1.82 bits per heavy atom. The summed E-state index contributed by atoms with van der Waals surface area (Å²) in [4.78, 5) is 24.6. The predicted octanol–water partition coefficient (Wildman–Crippen LogP) is 4.20. The normalized spacial score (nSPS) is 20.8. The molecule has 2 aromatic carbocycles. The first-order valence-electron chi connectivity index (χ1n) is 11.1. The number of carbonyl (C=O) groups is 2. The number of hydrogen-bond acceptors (Lipinski definition) is 5. The minimum absolute atomic E-state index is 0.0848. The molecular formula is C25H30N2O5S. The number of carbonyl (C=O) groups excluding carboxylic acids is 2. The maximum atomic E-state index is 12.4. The van der Waals surface area contributed by atoms with E-state index in [-0.39, 0.29) is 29.8 Å². The van der Waals surface area contributed by atoms with Crippen molar-refractivity contribution in [2.75, 3.05) is 11.3 Å². The van der Waals surface area contributed by atoms with Gasteiger partial charge in [0.1, 0.15) is 0 Å². The van der Waals surface area contributed by atoms with Crippen molar-refractivity contribution < 1.29 is 22.7 Å². The zero-order valence-electron chi connectivity index (χ0n) is 18.9. The smallest absolute Gasteiger partial charge is 0.338 e. The van der Waals surface area contributed by atoms with Crippen molar-refractivity contribution in [2.45, 2.75) is 39.2 Å². The monoisotopic (exact) mass is 470 g/mol. The zero-order valence-corrected chi connectivity index (χ0v) is 19.7. The quantitative estimate of drug-likeness (QED) is 0.563. The molecule has 0 bridgehead atoms. The molecule has 1 saturated carbocycles. The molecule has 7 nitrogen and oxygen atoms in total. The first-order valence-corrected chi connectivity index (χ1v) is 12.6. The van der Waals surface area contributed by atoms with Gasteiger partial charge in [0, 0.05) is 11.7 Å². The van der Waals surface area contributed by atoms with E-state index in [1.807, 2.05) is 18.2 Å². The molecule has 0 radical (unpaired) electrons. The first-order chi connectivity index (χ1) is 15.7. The number of nitrogens with one attached hydrogen (secondary N) is 2. The number of hydrogen-bond donors (Lipinski definition) is 2. The highest BCUT2D eigenvalue weighted by Gasteiger charge is 2.28. The van der Waals surface area contributed by atoms with Crippen molar-refractivity contribution in [3.63, 3.8) is 0 Å². The third-order valence-electron chi connectivity index (χ3n) is 5.99. The van der Waals surface area contributed by atoms with Crippen LogP contribution in [0.5, 0.6) is 0 Å². The number of sulfonamides is 1. The topological polar surface area (TPSA) is 102 Å². The SMILES string of the molecule is C[C@H]1[C@H](C)CCC[C@H]1NC(=O)COC(=O)c1cccc(NS(=O)(=O)/C=C/c2ccccc2)c1. The second kappa shape index (κ2) is 11.1. The van der Waals surface area contributed by atoms with Crippen LogP contribution in [0.2, 0.25) is 0 Å². The van der Waals surface area contributed by atoms with Crippen LogP contribution in [0.25, 0.3) is 6.08 Å². The van der Waals surface area contributed by atoms with Crippen LogP contribution >= 0.6 is 0 Å². The van der Waals surface area contributed by atoms with Gasteiger partial charge in [0.25, 0.3) is 15.9 Å². The Labute approximate surface area is 195 Å². The Kier molecular flexibility index (Phi) is 8.27. The Morgan fingerprint density at radius 1 is 1.06 bits per heavy atom. The molecule has 0 saturated heterocycles. The number of amides is 1. The van der Waals surface area contributed by atoms with Crippen LogP contribution in [-0.2, 0) is 19.6 Å². The summed E-state index contributed by atoms with van der Waals surface area (Å²) in [5.74, 6) is -0.118. The van der Waals surface area contributed by atoms with E-state index < -0.39 is 16.0 Å². The standard InChI is InChI=1S/C25H30N2O5S/c1-18-8-6-13-23(19(18)2)26-24(28)17-32-25(29)21-11-7-12-22(16-21)27-33(30,31)15-14-20-9-4-3-5-10-20/h3-5,7,9-12,14-16,18-19,23,27H,6,8,13,17H2,1-2H3,(H,26,28)/b15-14+/t18-,19+,23-/m1/s1. The summed E-state index contributed by atoms with van der Waals surface area (Å²) < 4.78 is 32.2. The fourth-order valence-electron chi connectivity index (χ4n) is 3.89. The molecule has 0 unspecified atom stereocenters. The van der Waals surface area contributed by atoms with Crippen LogP contribution in [0.15, 0.2) is 60.0 Å². The van der Waals surface area contributed by atoms with E-state index in [1.54, 1.807) is 18.2 Å². The lowest BCUT2D eigenvalue weighted by Gasteiger charge is -2.34. The number of rotatable bonds is 8. The molecule has 0 spiro atoms. The van der Waals surface area contributed by atoms with Crippen molar-refractivity contribution in [1.82, 2.24) is 5.32 Å². The molecule has 1 amide bonds. The number of benzene rings is 2. The summed E-state index contributed by atoms with van der Waals surface area (Å²) in [6.45, 7) is 3.93. The maximum Gasteiger partial charge on any atom is 0.338 e. The van der Waals surface area contributed by atoms with Gasteiger partial charge in [0.15, 0.2) is 6.61 Å². The molecule has 1 fully saturated rings. The first kappa shape index (κ1) is 24.5. The molecule has 3 rings (SSSR count). The molecule has 1 aliphatic carbocycles. The molecule has 3 atom stereocenters. The second-order valence-corrected chi connectivity index (χ2v) is 10.0. The van der Waals surface area contributed by atoms with Crippen LogP contribution in [0.1, 0.15) is 49.0 Å². The van der Waals surface area contributed by atoms with Crippen molar-refractivity contribution >= 4 is 33.7 Å². The highest BCUT2D eigenvalue weighted by Crippen LogP contribution is 2.29. The average molecular weight is 471 g/mol. The largest absolute Gasteiger partial charge is 0.452 e. The molecule has 8 heteroatoms. The van der Waals surface area contributed by atoms with Crippen molar-refractivity contribution in [1.29, 1.82) is 0 Å². The molecule has 1 aliphatic rings. The van der Waals surface area contributed by atoms with Gasteiger partial charge in [0.05, 0.1) is 11.0 Å². The molecule has 176 valence electrons. The van der Waals surface area contributed by atoms with Gasteiger partial charge in [-0.2, -0.15) is 0 Å². The van der Waals surface area contributed by atoms with Gasteiger partial charge in [-0.1, -0.05) is 63.1 Å². The van der Waals surface area contributed by atoms with Gasteiger partial charge in [-0.3, -0.25) is 9.52 Å². The number of esters is 1. The molecule has 0 aromatic heterocycles. The van der Waals surface area contributed by atoms with Gasteiger partial charge in [-0.15, -0.1) is 0 Å². The Bertz CT molecular complexity index is 1100. The Balaban J connectivity index is 1.54. The lowest BCUT2D eigenvalue weighted by Crippen LogP contribution is -2.45. The van der Waals surface area contributed by atoms with E-state index in [1.165, 1.54) is 24.3 Å². The van der Waals surface area contributed by atoms with Gasteiger partial charge in [0.2, 0.25) is 0 Å². The molecule has 33 heavy (non-hydrogen) atoms. The van der Waals surface area contributed by atoms with Crippen molar-refractivity contribution in [3.05, 3.63) is 71.1 Å². The summed E-state index contributed by atoms with van der Waals surface area (Å²) in [6.07, 6.45) is 4.63. The average Bonchev–Trinajstić information content (AvgIpc) is 2.80. The highest BCUT2D eigenvalue weighted by molar-refractivity contribution is 7.95. The number of ether oxygens (including phenoxy) is 1. The van der Waals surface area contributed by atoms with Crippen LogP contribution < -0.4 is 10.0 Å². The molecule has 2 N–H and O–H groups in total. The van der Waals surface area contributed by atoms with Gasteiger partial charge >= 0.3 is 5.97 Å². The summed E-state index contributed by atoms with van der Waals surface area (Å²) >= 11 is 0. The van der Waals surface area contributed by atoms with Crippen LogP contribution in [0, 0.1) is 11.8 Å². The van der Waals surface area contributed by atoms with E-state index in [4.69, 9.17) is 4.74 Å². The third kappa shape index (κ3) is 7.46. The Morgan fingerprint density at radius 3 is 2.58 bits per heavy atom. The zero-order chi connectivity index (χ0) is 23.8. The van der Waals surface area contributed by atoms with Gasteiger partial charge in [-0.25, -0.2) is 13.2 Å². The van der Waals surface area contributed by atoms with E-state index >= 15 is 0 Å². The summed E-state index contributed by atoms with van der Waals surface area (Å²) in [5.41, 5.74) is 1.11. The van der Waals surface area contributed by atoms with Crippen molar-refractivity contribution in [3.8, 4) is 0 Å². The second-order valence-electron chi connectivity index (χ2n) is 8.46. The van der Waals surface area contributed by atoms with Crippen molar-refractivity contribution in [2.24, 2.45) is 11.8 Å². The van der Waals surface area contributed by atoms with Crippen LogP contribution in [-0.4, -0.2) is 32.9 Å². The minimum Gasteiger partial charge on any atom is -0.452 e. The molecular weight excluding hydrogens is 440 g/mol. The van der Waals surface area contributed by atoms with E-state index in [0.717, 1.165) is 30.2 Å². The third-order valence-corrected chi connectivity index (χ3v) is 7.00. The van der Waals surface area contributed by atoms with Crippen LogP contribution in [0.3, 0.4) is 0 Å². The minimum atomic E-state index is -3.77. The Hall–Kier alpha value is -3.13. The number of anilines is 1. The fraction of sp³-hybridized carbons (Fsp3) is 0.360. The van der Waals surface area contributed by atoms with Crippen LogP contribution in [0.4, 0.5) is 5.69 Å². The lowest BCUT2D eigenvalue weighted by atomic mass is 9.78. The lowest BCUT2D eigenvalue weighted by molar-refractivity contribution is -0.125. The highest BCUT2D eigenvalue weighted by atomic mass is 32.2. The van der Waals surface area contributed by atoms with E-state index in [0.29, 0.717) is 11.8 Å². The van der Waals surface area contributed by atoms with E-state index in [9.17, 15) is 18.0 Å². The van der Waals surface area contributed by atoms with E-state index in [2.05, 4.69) is 23.9 Å². The van der Waals surface area contributed by atoms with Gasteiger partial charge in [-0.05, 0) is 48.1 Å². The summed E-state index contributed by atoms with van der Waals surface area (Å²) in [6, 6.07) is 15.1. The van der Waals surface area contributed by atoms with Gasteiger partial charge < -0.3 is 10.1 Å². The summed E-state index contributed by atoms with van der Waals surface area (Å²) in [7, 11) is -3.77. The predicted molar refractivity (Wildman–Crippen MR) is 129 cm³/mol. The molecule has 0 heterocycles. The maximum absolute atomic E-state index is 12.4. The molecule has 0 aliphatic heterocycles. The summed E-state index contributed by atoms with van der Waals surface area (Å²) in [5, 5.41) is 4.02. The fourth-order valence-corrected chi connectivity index (χ4v) is 4.75. The molecule has 2 aromatic rings.